The van der Waals surface area contributed by atoms with E-state index in [2.05, 4.69) is 20.6 Å². The SMILES string of the molecule is CCCC(=O)Nc1nn2c(-c3cccc(OC)c3)nnc2s1. The number of carbonyl (C=O) groups is 1. The van der Waals surface area contributed by atoms with Crippen LogP contribution in [0.1, 0.15) is 19.8 Å². The van der Waals surface area contributed by atoms with Crippen molar-refractivity contribution in [3.63, 3.8) is 0 Å². The molecular formula is C14H15N5O2S. The Balaban J connectivity index is 1.94. The predicted molar refractivity (Wildman–Crippen MR) is 84.2 cm³/mol. The standard InChI is InChI=1S/C14H15N5O2S/c1-3-5-11(20)15-13-18-19-12(16-17-14(19)22-13)9-6-4-7-10(8-9)21-2/h4,6-8H,3,5H2,1-2H3,(H,15,18,20). The zero-order valence-corrected chi connectivity index (χ0v) is 13.1. The summed E-state index contributed by atoms with van der Waals surface area (Å²) in [6.45, 7) is 1.96. The first-order valence-electron chi connectivity index (χ1n) is 6.87. The normalized spacial score (nSPS) is 10.8. The van der Waals surface area contributed by atoms with Crippen molar-refractivity contribution in [1.29, 1.82) is 0 Å². The topological polar surface area (TPSA) is 81.4 Å². The summed E-state index contributed by atoms with van der Waals surface area (Å²) >= 11 is 1.29. The lowest BCUT2D eigenvalue weighted by molar-refractivity contribution is -0.116. The van der Waals surface area contributed by atoms with Crippen LogP contribution in [0.4, 0.5) is 5.13 Å². The van der Waals surface area contributed by atoms with E-state index in [1.165, 1.54) is 11.3 Å². The van der Waals surface area contributed by atoms with Gasteiger partial charge in [0, 0.05) is 12.0 Å². The van der Waals surface area contributed by atoms with Crippen molar-refractivity contribution in [2.75, 3.05) is 12.4 Å². The lowest BCUT2D eigenvalue weighted by Crippen LogP contribution is -2.10. The fourth-order valence-corrected chi connectivity index (χ4v) is 2.77. The summed E-state index contributed by atoms with van der Waals surface area (Å²) in [7, 11) is 1.61. The summed E-state index contributed by atoms with van der Waals surface area (Å²) in [4.78, 5) is 12.3. The molecule has 1 amide bonds. The molecule has 0 aliphatic rings. The second kappa shape index (κ2) is 6.10. The number of nitrogens with one attached hydrogen (secondary N) is 1. The van der Waals surface area contributed by atoms with Gasteiger partial charge in [-0.15, -0.1) is 15.3 Å². The molecule has 0 atom stereocenters. The molecule has 2 aromatic heterocycles. The molecule has 1 aromatic carbocycles. The van der Waals surface area contributed by atoms with Gasteiger partial charge in [0.25, 0.3) is 0 Å². The molecule has 1 N–H and O–H groups in total. The van der Waals surface area contributed by atoms with Gasteiger partial charge in [-0.2, -0.15) is 4.52 Å². The molecule has 0 radical (unpaired) electrons. The minimum absolute atomic E-state index is 0.0459. The van der Waals surface area contributed by atoms with Crippen molar-refractivity contribution in [2.24, 2.45) is 0 Å². The van der Waals surface area contributed by atoms with E-state index in [0.717, 1.165) is 17.7 Å². The minimum atomic E-state index is -0.0459. The summed E-state index contributed by atoms with van der Waals surface area (Å²) in [5.74, 6) is 1.30. The van der Waals surface area contributed by atoms with Crippen molar-refractivity contribution in [3.05, 3.63) is 24.3 Å². The number of fused-ring (bicyclic) bond motifs is 1. The summed E-state index contributed by atoms with van der Waals surface area (Å²) in [6.07, 6.45) is 1.27. The van der Waals surface area contributed by atoms with Crippen LogP contribution in [0.25, 0.3) is 16.3 Å². The van der Waals surface area contributed by atoms with Crippen LogP contribution in [0, 0.1) is 0 Å². The molecular weight excluding hydrogens is 302 g/mol. The highest BCUT2D eigenvalue weighted by molar-refractivity contribution is 7.20. The van der Waals surface area contributed by atoms with Gasteiger partial charge < -0.3 is 10.1 Å². The van der Waals surface area contributed by atoms with Gasteiger partial charge in [-0.1, -0.05) is 30.4 Å². The third-order valence-electron chi connectivity index (χ3n) is 3.04. The zero-order chi connectivity index (χ0) is 15.5. The van der Waals surface area contributed by atoms with Gasteiger partial charge in [0.05, 0.1) is 7.11 Å². The second-order valence-corrected chi connectivity index (χ2v) is 5.61. The fraction of sp³-hybridized carbons (Fsp3) is 0.286. The monoisotopic (exact) mass is 317 g/mol. The van der Waals surface area contributed by atoms with Crippen molar-refractivity contribution in [3.8, 4) is 17.1 Å². The highest BCUT2D eigenvalue weighted by Crippen LogP contribution is 2.26. The van der Waals surface area contributed by atoms with Crippen molar-refractivity contribution in [2.45, 2.75) is 19.8 Å². The lowest BCUT2D eigenvalue weighted by atomic mass is 10.2. The number of ether oxygens (including phenoxy) is 1. The first-order valence-corrected chi connectivity index (χ1v) is 7.69. The van der Waals surface area contributed by atoms with E-state index in [0.29, 0.717) is 22.3 Å². The van der Waals surface area contributed by atoms with Gasteiger partial charge in [-0.25, -0.2) is 0 Å². The molecule has 0 fully saturated rings. The third-order valence-corrected chi connectivity index (χ3v) is 3.86. The number of rotatable bonds is 5. The Morgan fingerprint density at radius 2 is 2.27 bits per heavy atom. The van der Waals surface area contributed by atoms with E-state index in [-0.39, 0.29) is 5.91 Å². The summed E-state index contributed by atoms with van der Waals surface area (Å²) < 4.78 is 6.84. The van der Waals surface area contributed by atoms with Crippen molar-refractivity contribution < 1.29 is 9.53 Å². The molecule has 0 aliphatic heterocycles. The highest BCUT2D eigenvalue weighted by Gasteiger charge is 2.15. The molecule has 3 aromatic rings. The molecule has 0 spiro atoms. The molecule has 3 rings (SSSR count). The van der Waals surface area contributed by atoms with Gasteiger partial charge in [0.2, 0.25) is 16.0 Å². The number of benzene rings is 1. The van der Waals surface area contributed by atoms with E-state index in [4.69, 9.17) is 4.74 Å². The van der Waals surface area contributed by atoms with Crippen LogP contribution in [0.15, 0.2) is 24.3 Å². The number of anilines is 1. The fourth-order valence-electron chi connectivity index (χ4n) is 2.02. The Morgan fingerprint density at radius 1 is 1.41 bits per heavy atom. The van der Waals surface area contributed by atoms with Crippen LogP contribution in [0.2, 0.25) is 0 Å². The molecule has 114 valence electrons. The van der Waals surface area contributed by atoms with Crippen LogP contribution in [0.5, 0.6) is 5.75 Å². The third kappa shape index (κ3) is 2.77. The van der Waals surface area contributed by atoms with Gasteiger partial charge in [0.15, 0.2) is 5.82 Å². The molecule has 0 bridgehead atoms. The van der Waals surface area contributed by atoms with Crippen molar-refractivity contribution in [1.82, 2.24) is 19.8 Å². The smallest absolute Gasteiger partial charge is 0.236 e. The van der Waals surface area contributed by atoms with Crippen LogP contribution in [-0.4, -0.2) is 32.8 Å². The predicted octanol–water partition coefficient (Wildman–Crippen LogP) is 2.60. The maximum Gasteiger partial charge on any atom is 0.236 e. The van der Waals surface area contributed by atoms with Gasteiger partial charge in [-0.3, -0.25) is 4.79 Å². The summed E-state index contributed by atoms with van der Waals surface area (Å²) in [5, 5.41) is 15.9. The number of nitrogens with zero attached hydrogens (tertiary/aromatic N) is 4. The number of hydrogen-bond donors (Lipinski definition) is 1. The maximum absolute atomic E-state index is 11.6. The zero-order valence-electron chi connectivity index (χ0n) is 12.2. The lowest BCUT2D eigenvalue weighted by Gasteiger charge is -2.01. The Kier molecular flexibility index (Phi) is 4.01. The summed E-state index contributed by atoms with van der Waals surface area (Å²) in [6, 6.07) is 7.52. The number of amides is 1. The molecule has 2 heterocycles. The molecule has 8 heteroatoms. The van der Waals surface area contributed by atoms with E-state index < -0.39 is 0 Å². The number of carbonyl (C=O) groups excluding carboxylic acids is 1. The van der Waals surface area contributed by atoms with E-state index in [1.54, 1.807) is 11.6 Å². The molecule has 0 saturated carbocycles. The Morgan fingerprint density at radius 3 is 3.05 bits per heavy atom. The quantitative estimate of drug-likeness (QED) is 0.782. The first kappa shape index (κ1) is 14.5. The molecule has 0 aliphatic carbocycles. The van der Waals surface area contributed by atoms with Crippen LogP contribution in [0.3, 0.4) is 0 Å². The van der Waals surface area contributed by atoms with Crippen LogP contribution >= 0.6 is 11.3 Å². The Labute approximate surface area is 130 Å². The van der Waals surface area contributed by atoms with Crippen LogP contribution < -0.4 is 10.1 Å². The number of aromatic nitrogens is 4. The number of methoxy groups -OCH3 is 1. The molecule has 7 nitrogen and oxygen atoms in total. The second-order valence-electron chi connectivity index (χ2n) is 4.66. The van der Waals surface area contributed by atoms with E-state index in [1.807, 2.05) is 31.2 Å². The molecule has 22 heavy (non-hydrogen) atoms. The average Bonchev–Trinajstić information content (AvgIpc) is 3.07. The van der Waals surface area contributed by atoms with E-state index in [9.17, 15) is 4.79 Å². The van der Waals surface area contributed by atoms with Gasteiger partial charge in [0.1, 0.15) is 5.75 Å². The highest BCUT2D eigenvalue weighted by atomic mass is 32.1. The van der Waals surface area contributed by atoms with Crippen LogP contribution in [-0.2, 0) is 4.79 Å². The maximum atomic E-state index is 11.6. The van der Waals surface area contributed by atoms with E-state index >= 15 is 0 Å². The largest absolute Gasteiger partial charge is 0.497 e. The Bertz CT molecular complexity index is 811. The Hall–Kier alpha value is -2.48. The summed E-state index contributed by atoms with van der Waals surface area (Å²) in [5.41, 5.74) is 0.851. The first-order chi connectivity index (χ1) is 10.7. The number of hydrogen-bond acceptors (Lipinski definition) is 6. The minimum Gasteiger partial charge on any atom is -0.497 e. The molecule has 0 unspecified atom stereocenters. The average molecular weight is 317 g/mol. The van der Waals surface area contributed by atoms with Gasteiger partial charge in [-0.05, 0) is 18.6 Å². The molecule has 0 saturated heterocycles. The van der Waals surface area contributed by atoms with Gasteiger partial charge >= 0.3 is 0 Å². The van der Waals surface area contributed by atoms with Crippen molar-refractivity contribution >= 4 is 27.3 Å².